The summed E-state index contributed by atoms with van der Waals surface area (Å²) < 4.78 is 32.8. The third kappa shape index (κ3) is 4.42. The number of amides is 1. The van der Waals surface area contributed by atoms with E-state index in [0.717, 1.165) is 28.7 Å². The van der Waals surface area contributed by atoms with Crippen LogP contribution in [0.15, 0.2) is 52.3 Å². The zero-order valence-corrected chi connectivity index (χ0v) is 16.4. The number of pyridine rings is 1. The van der Waals surface area contributed by atoms with Gasteiger partial charge in [-0.05, 0) is 42.7 Å². The van der Waals surface area contributed by atoms with E-state index in [-0.39, 0.29) is 17.3 Å². The van der Waals surface area contributed by atoms with E-state index in [0.29, 0.717) is 19.6 Å². The SMILES string of the molecule is COc1ccc(CNC(=O)Cn2cccc(S(=O)(=O)N3CCCC3)c2=O)cc1. The molecule has 0 radical (unpaired) electrons. The summed E-state index contributed by atoms with van der Waals surface area (Å²) in [5.41, 5.74) is 0.195. The minimum atomic E-state index is -3.83. The normalized spacial score (nSPS) is 14.8. The van der Waals surface area contributed by atoms with Crippen LogP contribution >= 0.6 is 0 Å². The maximum atomic E-state index is 12.7. The van der Waals surface area contributed by atoms with Crippen molar-refractivity contribution in [2.75, 3.05) is 20.2 Å². The molecule has 2 heterocycles. The number of sulfonamides is 1. The average Bonchev–Trinajstić information content (AvgIpc) is 3.24. The van der Waals surface area contributed by atoms with Crippen LogP contribution in [0.2, 0.25) is 0 Å². The number of aromatic nitrogens is 1. The van der Waals surface area contributed by atoms with Gasteiger partial charge in [-0.2, -0.15) is 4.31 Å². The lowest BCUT2D eigenvalue weighted by Crippen LogP contribution is -2.37. The highest BCUT2D eigenvalue weighted by Crippen LogP contribution is 2.18. The van der Waals surface area contributed by atoms with Crippen LogP contribution in [0.3, 0.4) is 0 Å². The maximum absolute atomic E-state index is 12.7. The number of hydrogen-bond acceptors (Lipinski definition) is 5. The molecule has 28 heavy (non-hydrogen) atoms. The molecule has 0 bridgehead atoms. The van der Waals surface area contributed by atoms with E-state index in [9.17, 15) is 18.0 Å². The molecule has 0 unspecified atom stereocenters. The first-order valence-electron chi connectivity index (χ1n) is 9.01. The van der Waals surface area contributed by atoms with E-state index in [1.807, 2.05) is 12.1 Å². The van der Waals surface area contributed by atoms with Gasteiger partial charge in [0.05, 0.1) is 7.11 Å². The molecule has 150 valence electrons. The van der Waals surface area contributed by atoms with Gasteiger partial charge in [-0.25, -0.2) is 8.42 Å². The van der Waals surface area contributed by atoms with Gasteiger partial charge in [-0.15, -0.1) is 0 Å². The van der Waals surface area contributed by atoms with Gasteiger partial charge in [0.15, 0.2) is 0 Å². The molecule has 1 aromatic carbocycles. The Bertz CT molecular complexity index is 993. The molecule has 0 spiro atoms. The van der Waals surface area contributed by atoms with E-state index in [2.05, 4.69) is 5.32 Å². The molecule has 1 aliphatic heterocycles. The summed E-state index contributed by atoms with van der Waals surface area (Å²) in [6, 6.07) is 10.0. The van der Waals surface area contributed by atoms with Gasteiger partial charge in [-0.1, -0.05) is 12.1 Å². The first-order chi connectivity index (χ1) is 13.4. The number of rotatable bonds is 7. The molecule has 8 nitrogen and oxygen atoms in total. The Morgan fingerprint density at radius 1 is 1.14 bits per heavy atom. The van der Waals surface area contributed by atoms with Crippen LogP contribution in [0.4, 0.5) is 0 Å². The smallest absolute Gasteiger partial charge is 0.271 e. The van der Waals surface area contributed by atoms with Crippen molar-refractivity contribution >= 4 is 15.9 Å². The summed E-state index contributed by atoms with van der Waals surface area (Å²) >= 11 is 0. The van der Waals surface area contributed by atoms with Gasteiger partial charge in [-0.3, -0.25) is 9.59 Å². The largest absolute Gasteiger partial charge is 0.497 e. The number of ether oxygens (including phenoxy) is 1. The predicted octanol–water partition coefficient (Wildman–Crippen LogP) is 0.958. The lowest BCUT2D eigenvalue weighted by atomic mass is 10.2. The highest BCUT2D eigenvalue weighted by Gasteiger charge is 2.29. The highest BCUT2D eigenvalue weighted by molar-refractivity contribution is 7.89. The Morgan fingerprint density at radius 3 is 2.46 bits per heavy atom. The number of carbonyl (C=O) groups is 1. The topological polar surface area (TPSA) is 97.7 Å². The lowest BCUT2D eigenvalue weighted by molar-refractivity contribution is -0.121. The van der Waals surface area contributed by atoms with Gasteiger partial charge in [0.2, 0.25) is 15.9 Å². The molecule has 0 aliphatic carbocycles. The molecule has 1 aromatic heterocycles. The van der Waals surface area contributed by atoms with Crippen LogP contribution < -0.4 is 15.6 Å². The Balaban J connectivity index is 1.68. The summed E-state index contributed by atoms with van der Waals surface area (Å²) in [5, 5.41) is 2.73. The summed E-state index contributed by atoms with van der Waals surface area (Å²) in [5.74, 6) is 0.339. The molecule has 3 rings (SSSR count). The molecular weight excluding hydrogens is 382 g/mol. The summed E-state index contributed by atoms with van der Waals surface area (Å²) in [6.45, 7) is 0.875. The van der Waals surface area contributed by atoms with E-state index in [4.69, 9.17) is 4.74 Å². The molecule has 0 saturated carbocycles. The van der Waals surface area contributed by atoms with Crippen molar-refractivity contribution in [3.63, 3.8) is 0 Å². The number of nitrogens with one attached hydrogen (secondary N) is 1. The van der Waals surface area contributed by atoms with Gasteiger partial charge in [0.25, 0.3) is 5.56 Å². The summed E-state index contributed by atoms with van der Waals surface area (Å²) in [7, 11) is -2.26. The minimum Gasteiger partial charge on any atom is -0.497 e. The lowest BCUT2D eigenvalue weighted by Gasteiger charge is -2.16. The summed E-state index contributed by atoms with van der Waals surface area (Å²) in [6.07, 6.45) is 2.99. The second-order valence-corrected chi connectivity index (χ2v) is 8.45. The van der Waals surface area contributed by atoms with Crippen molar-refractivity contribution in [1.29, 1.82) is 0 Å². The number of methoxy groups -OCH3 is 1. The average molecular weight is 405 g/mol. The number of benzene rings is 1. The van der Waals surface area contributed by atoms with Crippen LogP contribution in [0.5, 0.6) is 5.75 Å². The van der Waals surface area contributed by atoms with Gasteiger partial charge in [0.1, 0.15) is 17.2 Å². The first-order valence-corrected chi connectivity index (χ1v) is 10.4. The second-order valence-electron chi connectivity index (χ2n) is 6.54. The molecule has 1 saturated heterocycles. The fourth-order valence-corrected chi connectivity index (χ4v) is 4.66. The molecular formula is C19H23N3O5S. The Kier molecular flexibility index (Phi) is 6.15. The monoisotopic (exact) mass is 405 g/mol. The number of carbonyl (C=O) groups excluding carboxylic acids is 1. The van der Waals surface area contributed by atoms with E-state index < -0.39 is 15.6 Å². The Hall–Kier alpha value is -2.65. The van der Waals surface area contributed by atoms with Crippen LogP contribution in [0, 0.1) is 0 Å². The molecule has 1 amide bonds. The van der Waals surface area contributed by atoms with Crippen LogP contribution in [-0.4, -0.2) is 43.4 Å². The number of hydrogen-bond donors (Lipinski definition) is 1. The van der Waals surface area contributed by atoms with Crippen molar-refractivity contribution in [2.45, 2.75) is 30.8 Å². The Morgan fingerprint density at radius 2 is 1.82 bits per heavy atom. The van der Waals surface area contributed by atoms with E-state index in [1.165, 1.54) is 22.6 Å². The highest BCUT2D eigenvalue weighted by atomic mass is 32.2. The minimum absolute atomic E-state index is 0.252. The molecule has 1 N–H and O–H groups in total. The van der Waals surface area contributed by atoms with Gasteiger partial charge in [0, 0.05) is 25.8 Å². The number of nitrogens with zero attached hydrogens (tertiary/aromatic N) is 2. The molecule has 0 atom stereocenters. The zero-order valence-electron chi connectivity index (χ0n) is 15.6. The molecule has 2 aromatic rings. The van der Waals surface area contributed by atoms with Crippen LogP contribution in [0.1, 0.15) is 18.4 Å². The maximum Gasteiger partial charge on any atom is 0.271 e. The van der Waals surface area contributed by atoms with Crippen molar-refractivity contribution in [1.82, 2.24) is 14.2 Å². The molecule has 1 aliphatic rings. The van der Waals surface area contributed by atoms with Crippen molar-refractivity contribution < 1.29 is 17.9 Å². The van der Waals surface area contributed by atoms with Crippen molar-refractivity contribution in [3.8, 4) is 5.75 Å². The predicted molar refractivity (Wildman–Crippen MR) is 104 cm³/mol. The molecule has 9 heteroatoms. The van der Waals surface area contributed by atoms with Crippen LogP contribution in [0.25, 0.3) is 0 Å². The van der Waals surface area contributed by atoms with Crippen LogP contribution in [-0.2, 0) is 27.9 Å². The second kappa shape index (κ2) is 8.57. The van der Waals surface area contributed by atoms with Crippen molar-refractivity contribution in [2.24, 2.45) is 0 Å². The quantitative estimate of drug-likeness (QED) is 0.740. The van der Waals surface area contributed by atoms with Crippen molar-refractivity contribution in [3.05, 3.63) is 58.5 Å². The summed E-state index contributed by atoms with van der Waals surface area (Å²) in [4.78, 5) is 24.5. The van der Waals surface area contributed by atoms with E-state index in [1.54, 1.807) is 19.2 Å². The first kappa shape index (κ1) is 20.1. The third-order valence-electron chi connectivity index (χ3n) is 4.63. The van der Waals surface area contributed by atoms with Gasteiger partial charge >= 0.3 is 0 Å². The molecule has 1 fully saturated rings. The zero-order chi connectivity index (χ0) is 20.1. The standard InChI is InChI=1S/C19H23N3O5S/c1-27-16-8-6-15(7-9-16)13-20-18(23)14-21-10-4-5-17(19(21)24)28(25,26)22-11-2-3-12-22/h4-10H,2-3,11-14H2,1H3,(H,20,23). The van der Waals surface area contributed by atoms with E-state index >= 15 is 0 Å². The third-order valence-corrected chi connectivity index (χ3v) is 6.54. The fraction of sp³-hybridized carbons (Fsp3) is 0.368. The van der Waals surface area contributed by atoms with Gasteiger partial charge < -0.3 is 14.6 Å². The Labute approximate surface area is 163 Å². The fourth-order valence-electron chi connectivity index (χ4n) is 3.06.